The third-order valence-corrected chi connectivity index (χ3v) is 3.39. The van der Waals surface area contributed by atoms with E-state index in [1.54, 1.807) is 0 Å². The van der Waals surface area contributed by atoms with Crippen LogP contribution in [0.3, 0.4) is 0 Å². The van der Waals surface area contributed by atoms with Gasteiger partial charge in [0.25, 0.3) is 0 Å². The zero-order chi connectivity index (χ0) is 9.14. The van der Waals surface area contributed by atoms with Crippen molar-refractivity contribution in [1.29, 1.82) is 0 Å². The summed E-state index contributed by atoms with van der Waals surface area (Å²) in [6.45, 7) is 0.662. The van der Waals surface area contributed by atoms with Crippen LogP contribution in [0.2, 0.25) is 5.82 Å². The topological polar surface area (TPSA) is 38.7 Å². The highest BCUT2D eigenvalue weighted by Gasteiger charge is 2.40. The third kappa shape index (κ3) is 2.46. The molecule has 0 spiro atoms. The summed E-state index contributed by atoms with van der Waals surface area (Å²) in [4.78, 5) is 0. The fraction of sp³-hybridized carbons (Fsp3) is 1.00. The summed E-state index contributed by atoms with van der Waals surface area (Å²) < 4.78 is 10.2. The molecule has 0 aromatic rings. The van der Waals surface area contributed by atoms with Gasteiger partial charge in [-0.3, -0.25) is 0 Å². The lowest BCUT2D eigenvalue weighted by atomic mass is 9.84. The van der Waals surface area contributed by atoms with Crippen LogP contribution in [0.1, 0.15) is 6.42 Å². The van der Waals surface area contributed by atoms with E-state index in [-0.39, 0.29) is 12.2 Å². The minimum atomic E-state index is -0.335. The van der Waals surface area contributed by atoms with Gasteiger partial charge in [0.05, 0.1) is 12.7 Å². The van der Waals surface area contributed by atoms with E-state index >= 15 is 0 Å². The average Bonchev–Trinajstić information content (AvgIpc) is 2.29. The van der Waals surface area contributed by atoms with Gasteiger partial charge in [-0.05, 0) is 12.2 Å². The number of hydrogen-bond acceptors (Lipinski definition) is 3. The van der Waals surface area contributed by atoms with Gasteiger partial charge in [0.15, 0.2) is 0 Å². The zero-order valence-corrected chi connectivity index (χ0v) is 11.1. The molecule has 70 valence electrons. The normalized spacial score (nSPS) is 41.9. The number of aliphatic hydroxyl groups is 1. The van der Waals surface area contributed by atoms with Crippen LogP contribution in [0.4, 0.5) is 0 Å². The van der Waals surface area contributed by atoms with Gasteiger partial charge in [-0.2, -0.15) is 0 Å². The Labute approximate surface area is 101 Å². The molecule has 0 radical (unpaired) electrons. The molecule has 4 atom stereocenters. The average molecular weight is 396 g/mol. The fourth-order valence-electron chi connectivity index (χ4n) is 1.72. The van der Waals surface area contributed by atoms with Crippen molar-refractivity contribution in [3.8, 4) is 0 Å². The highest BCUT2D eigenvalue weighted by molar-refractivity contribution is 14.1. The van der Waals surface area contributed by atoms with E-state index < -0.39 is 0 Å². The van der Waals surface area contributed by atoms with Gasteiger partial charge >= 0.3 is 0 Å². The van der Waals surface area contributed by atoms with Gasteiger partial charge < -0.3 is 11.2 Å². The molecule has 1 saturated carbocycles. The number of rotatable bonds is 3. The maximum absolute atomic E-state index is 9.67. The van der Waals surface area contributed by atoms with Crippen LogP contribution < -0.4 is 0 Å². The molecule has 1 unspecified atom stereocenters. The monoisotopic (exact) mass is 396 g/mol. The van der Waals surface area contributed by atoms with E-state index in [1.165, 1.54) is 0 Å². The SMILES string of the molecule is B[C@@H]1C[C@H](COI)C(OI)[C@@H]1O. The first-order valence-electron chi connectivity index (χ1n) is 3.89. The quantitative estimate of drug-likeness (QED) is 0.570. The van der Waals surface area contributed by atoms with Crippen LogP contribution in [-0.2, 0) is 6.13 Å². The van der Waals surface area contributed by atoms with Gasteiger partial charge in [-0.15, -0.1) is 0 Å². The molecule has 0 aromatic carbocycles. The van der Waals surface area contributed by atoms with E-state index in [1.807, 2.05) is 53.9 Å². The summed E-state index contributed by atoms with van der Waals surface area (Å²) in [5.74, 6) is 0.658. The number of aliphatic hydroxyl groups excluding tert-OH is 1. The Hall–Kier alpha value is 1.40. The molecule has 6 heteroatoms. The van der Waals surface area contributed by atoms with E-state index in [0.717, 1.165) is 6.42 Å². The third-order valence-electron chi connectivity index (χ3n) is 2.44. The standard InChI is InChI=1S/C6H11BI2O3/c7-4-1-3(2-11-8)6(12-9)5(4)10/h3-6,10H,1-2,7H2/t3-,4-,5-,6?/m1/s1. The Morgan fingerprint density at radius 2 is 2.17 bits per heavy atom. The van der Waals surface area contributed by atoms with Crippen molar-refractivity contribution in [3.63, 3.8) is 0 Å². The van der Waals surface area contributed by atoms with Crippen molar-refractivity contribution < 1.29 is 11.2 Å². The largest absolute Gasteiger partial charge is 0.391 e. The molecule has 1 aliphatic carbocycles. The van der Waals surface area contributed by atoms with Crippen LogP contribution in [0, 0.1) is 5.92 Å². The van der Waals surface area contributed by atoms with Crippen molar-refractivity contribution in [2.75, 3.05) is 6.61 Å². The van der Waals surface area contributed by atoms with Gasteiger partial charge in [-0.1, -0.05) is 0 Å². The Bertz CT molecular complexity index is 149. The first-order chi connectivity index (χ1) is 5.70. The first-order valence-corrected chi connectivity index (χ1v) is 5.65. The van der Waals surface area contributed by atoms with Crippen LogP contribution in [0.5, 0.6) is 0 Å². The maximum Gasteiger partial charge on any atom is 0.110 e. The van der Waals surface area contributed by atoms with Crippen LogP contribution in [-0.4, -0.2) is 31.8 Å². The molecule has 1 N–H and O–H groups in total. The van der Waals surface area contributed by atoms with Gasteiger partial charge in [0, 0.05) is 5.92 Å². The van der Waals surface area contributed by atoms with Crippen LogP contribution >= 0.6 is 46.0 Å². The lowest BCUT2D eigenvalue weighted by Crippen LogP contribution is -2.29. The molecule has 1 fully saturated rings. The van der Waals surface area contributed by atoms with Crippen LogP contribution in [0.25, 0.3) is 0 Å². The molecule has 0 amide bonds. The molecule has 12 heavy (non-hydrogen) atoms. The molecule has 1 aliphatic rings. The second-order valence-corrected chi connectivity index (χ2v) is 4.42. The zero-order valence-electron chi connectivity index (χ0n) is 6.74. The van der Waals surface area contributed by atoms with Crippen molar-refractivity contribution in [3.05, 3.63) is 0 Å². The Balaban J connectivity index is 2.52. The molecule has 0 aromatic heterocycles. The van der Waals surface area contributed by atoms with Crippen molar-refractivity contribution in [2.24, 2.45) is 5.92 Å². The Morgan fingerprint density at radius 1 is 1.50 bits per heavy atom. The second-order valence-electron chi connectivity index (χ2n) is 3.29. The predicted octanol–water partition coefficient (Wildman–Crippen LogP) is 0.891. The van der Waals surface area contributed by atoms with Crippen molar-refractivity contribution in [2.45, 2.75) is 24.4 Å². The molecule has 0 bridgehead atoms. The fourth-order valence-corrected chi connectivity index (χ4v) is 2.90. The predicted molar refractivity (Wildman–Crippen MR) is 65.3 cm³/mol. The van der Waals surface area contributed by atoms with Crippen LogP contribution in [0.15, 0.2) is 0 Å². The summed E-state index contributed by atoms with van der Waals surface area (Å²) in [5.41, 5.74) is 0. The van der Waals surface area contributed by atoms with E-state index in [9.17, 15) is 5.11 Å². The molecule has 0 heterocycles. The van der Waals surface area contributed by atoms with Gasteiger partial charge in [0.1, 0.15) is 60.0 Å². The number of hydrogen-bond donors (Lipinski definition) is 1. The molecular formula is C6H11BI2O3. The Kier molecular flexibility index (Phi) is 5.10. The van der Waals surface area contributed by atoms with E-state index in [0.29, 0.717) is 18.3 Å². The minimum absolute atomic E-state index is 0.0598. The summed E-state index contributed by atoms with van der Waals surface area (Å²) in [6.07, 6.45) is 0.589. The smallest absolute Gasteiger partial charge is 0.110 e. The number of halogens is 2. The van der Waals surface area contributed by atoms with Crippen molar-refractivity contribution >= 4 is 53.9 Å². The van der Waals surface area contributed by atoms with Gasteiger partial charge in [-0.25, -0.2) is 0 Å². The highest BCUT2D eigenvalue weighted by atomic mass is 127. The summed E-state index contributed by atoms with van der Waals surface area (Å²) in [7, 11) is 2.04. The second kappa shape index (κ2) is 5.33. The van der Waals surface area contributed by atoms with E-state index in [2.05, 4.69) is 0 Å². The minimum Gasteiger partial charge on any atom is -0.391 e. The lowest BCUT2D eigenvalue weighted by Gasteiger charge is -2.18. The lowest BCUT2D eigenvalue weighted by molar-refractivity contribution is 0.0595. The molecule has 3 nitrogen and oxygen atoms in total. The van der Waals surface area contributed by atoms with E-state index in [4.69, 9.17) is 6.13 Å². The maximum atomic E-state index is 9.67. The van der Waals surface area contributed by atoms with Gasteiger partial charge in [0.2, 0.25) is 0 Å². The summed E-state index contributed by atoms with van der Waals surface area (Å²) in [6, 6.07) is 0. The molecule has 0 saturated heterocycles. The molecule has 0 aliphatic heterocycles. The Morgan fingerprint density at radius 3 is 2.67 bits per heavy atom. The highest BCUT2D eigenvalue weighted by Crippen LogP contribution is 2.37. The first kappa shape index (κ1) is 11.5. The summed E-state index contributed by atoms with van der Waals surface area (Å²) >= 11 is 3.73. The molecular weight excluding hydrogens is 385 g/mol. The summed E-state index contributed by atoms with van der Waals surface area (Å²) in [5, 5.41) is 9.67. The molecule has 1 rings (SSSR count). The van der Waals surface area contributed by atoms with Crippen molar-refractivity contribution in [1.82, 2.24) is 0 Å².